The number of piperidine rings is 1. The number of primary amides is 1. The summed E-state index contributed by atoms with van der Waals surface area (Å²) in [6.07, 6.45) is 2.74. The molecule has 0 bridgehead atoms. The van der Waals surface area contributed by atoms with E-state index in [1.165, 1.54) is 12.7 Å². The number of esters is 2. The summed E-state index contributed by atoms with van der Waals surface area (Å²) >= 11 is 0. The SMILES string of the molecule is CC1=C(N2CCC3(CCN(CCc4ccc5c(c4C)COC5=O)CC3)C2=O)COC1=O.COC(N)=O. The maximum atomic E-state index is 13.3. The predicted molar refractivity (Wildman–Crippen MR) is 129 cm³/mol. The Kier molecular flexibility index (Phi) is 7.35. The van der Waals surface area contributed by atoms with Gasteiger partial charge in [-0.05, 0) is 69.8 Å². The predicted octanol–water partition coefficient (Wildman–Crippen LogP) is 2.06. The van der Waals surface area contributed by atoms with Gasteiger partial charge < -0.3 is 29.7 Å². The van der Waals surface area contributed by atoms with Crippen molar-refractivity contribution in [2.24, 2.45) is 11.1 Å². The lowest BCUT2D eigenvalue weighted by atomic mass is 9.77. The average Bonchev–Trinajstić information content (AvgIpc) is 3.51. The number of hydrogen-bond acceptors (Lipinski definition) is 8. The molecule has 2 N–H and O–H groups in total. The van der Waals surface area contributed by atoms with Gasteiger partial charge in [0.25, 0.3) is 0 Å². The number of nitrogens with two attached hydrogens (primary N) is 1. The van der Waals surface area contributed by atoms with Crippen LogP contribution in [-0.2, 0) is 36.8 Å². The van der Waals surface area contributed by atoms with Gasteiger partial charge in [-0.25, -0.2) is 14.4 Å². The number of carbonyl (C=O) groups is 4. The van der Waals surface area contributed by atoms with E-state index in [-0.39, 0.29) is 29.9 Å². The second-order valence-electron chi connectivity index (χ2n) is 9.70. The first-order valence-corrected chi connectivity index (χ1v) is 12.2. The number of methoxy groups -OCH3 is 1. The standard InChI is InChI=1S/C24H28N2O5.C2H5NO2/c1-15-17(3-4-18-19(15)13-30-22(18)28)5-9-25-10-6-24(7-11-25)8-12-26(23(24)29)20-14-31-21(27)16(20)2;1-5-2(3)4/h3-4H,5-14H2,1-2H3;1H3,(H2,3,4). The Balaban J connectivity index is 0.000000556. The Morgan fingerprint density at radius 3 is 2.28 bits per heavy atom. The maximum absolute atomic E-state index is 13.3. The van der Waals surface area contributed by atoms with Gasteiger partial charge in [0, 0.05) is 18.7 Å². The molecule has 0 unspecified atom stereocenters. The van der Waals surface area contributed by atoms with Crippen LogP contribution in [0.4, 0.5) is 4.79 Å². The van der Waals surface area contributed by atoms with E-state index in [9.17, 15) is 19.2 Å². The molecular weight excluding hydrogens is 466 g/mol. The van der Waals surface area contributed by atoms with Crippen LogP contribution in [0.5, 0.6) is 0 Å². The molecule has 0 aromatic heterocycles. The molecular formula is C26H33N3O7. The van der Waals surface area contributed by atoms with E-state index in [0.717, 1.165) is 62.1 Å². The van der Waals surface area contributed by atoms with Crippen LogP contribution in [0.2, 0.25) is 0 Å². The van der Waals surface area contributed by atoms with Gasteiger partial charge in [0.2, 0.25) is 5.91 Å². The van der Waals surface area contributed by atoms with Crippen molar-refractivity contribution >= 4 is 23.9 Å². The van der Waals surface area contributed by atoms with E-state index in [4.69, 9.17) is 9.47 Å². The molecule has 1 spiro atoms. The number of hydrogen-bond donors (Lipinski definition) is 1. The molecule has 0 saturated carbocycles. The molecule has 194 valence electrons. The van der Waals surface area contributed by atoms with E-state index in [2.05, 4.69) is 22.3 Å². The van der Waals surface area contributed by atoms with Gasteiger partial charge in [0.15, 0.2) is 0 Å². The number of ether oxygens (including phenoxy) is 3. The van der Waals surface area contributed by atoms with E-state index >= 15 is 0 Å². The summed E-state index contributed by atoms with van der Waals surface area (Å²) in [6.45, 7) is 7.83. The van der Waals surface area contributed by atoms with Gasteiger partial charge in [0.1, 0.15) is 13.2 Å². The summed E-state index contributed by atoms with van der Waals surface area (Å²) in [7, 11) is 1.22. The van der Waals surface area contributed by atoms with E-state index in [0.29, 0.717) is 24.3 Å². The lowest BCUT2D eigenvalue weighted by Crippen LogP contribution is -2.45. The molecule has 36 heavy (non-hydrogen) atoms. The third-order valence-electron chi connectivity index (χ3n) is 7.91. The number of nitrogens with zero attached hydrogens (tertiary/aromatic N) is 2. The summed E-state index contributed by atoms with van der Waals surface area (Å²) in [5, 5.41) is 0. The van der Waals surface area contributed by atoms with Crippen LogP contribution >= 0.6 is 0 Å². The van der Waals surface area contributed by atoms with Crippen LogP contribution in [0, 0.1) is 12.3 Å². The van der Waals surface area contributed by atoms with Crippen molar-refractivity contribution in [3.05, 3.63) is 45.7 Å². The highest BCUT2D eigenvalue weighted by Crippen LogP contribution is 2.43. The summed E-state index contributed by atoms with van der Waals surface area (Å²) in [4.78, 5) is 50.3. The van der Waals surface area contributed by atoms with Crippen molar-refractivity contribution in [1.82, 2.24) is 9.80 Å². The minimum Gasteiger partial charge on any atom is -0.457 e. The molecule has 0 atom stereocenters. The molecule has 2 saturated heterocycles. The average molecular weight is 500 g/mol. The Morgan fingerprint density at radius 1 is 1.03 bits per heavy atom. The van der Waals surface area contributed by atoms with Crippen molar-refractivity contribution in [3.63, 3.8) is 0 Å². The lowest BCUT2D eigenvalue weighted by Gasteiger charge is -2.38. The highest BCUT2D eigenvalue weighted by Gasteiger charge is 2.50. The Hall–Kier alpha value is -3.40. The second-order valence-corrected chi connectivity index (χ2v) is 9.70. The number of cyclic esters (lactones) is 2. The van der Waals surface area contributed by atoms with Crippen molar-refractivity contribution in [3.8, 4) is 0 Å². The van der Waals surface area contributed by atoms with E-state index in [1.807, 2.05) is 12.1 Å². The first-order chi connectivity index (χ1) is 17.2. The molecule has 0 aliphatic carbocycles. The zero-order valence-electron chi connectivity index (χ0n) is 21.1. The molecule has 4 heterocycles. The molecule has 2 fully saturated rings. The largest absolute Gasteiger partial charge is 0.457 e. The van der Waals surface area contributed by atoms with Crippen molar-refractivity contribution in [2.45, 2.75) is 46.1 Å². The third-order valence-corrected chi connectivity index (χ3v) is 7.91. The van der Waals surface area contributed by atoms with E-state index in [1.54, 1.807) is 11.8 Å². The van der Waals surface area contributed by atoms with Crippen LogP contribution in [0.15, 0.2) is 23.4 Å². The van der Waals surface area contributed by atoms with E-state index < -0.39 is 6.09 Å². The number of benzene rings is 1. The fourth-order valence-corrected chi connectivity index (χ4v) is 5.44. The fourth-order valence-electron chi connectivity index (χ4n) is 5.44. The molecule has 0 radical (unpaired) electrons. The minimum atomic E-state index is -0.745. The van der Waals surface area contributed by atoms with Crippen molar-refractivity contribution < 1.29 is 33.4 Å². The summed E-state index contributed by atoms with van der Waals surface area (Å²) in [5.74, 6) is -0.365. The number of carbonyl (C=O) groups excluding carboxylic acids is 4. The molecule has 4 aliphatic heterocycles. The minimum absolute atomic E-state index is 0.166. The van der Waals surface area contributed by atoms with Gasteiger partial charge >= 0.3 is 18.0 Å². The Bertz CT molecular complexity index is 1120. The first-order valence-electron chi connectivity index (χ1n) is 12.2. The summed E-state index contributed by atoms with van der Waals surface area (Å²) in [6, 6.07) is 3.93. The Labute approximate surface area is 210 Å². The number of likely N-dealkylation sites (tertiary alicyclic amines) is 2. The van der Waals surface area contributed by atoms with Crippen LogP contribution in [0.3, 0.4) is 0 Å². The monoisotopic (exact) mass is 499 g/mol. The smallest absolute Gasteiger partial charge is 0.404 e. The first kappa shape index (κ1) is 25.7. The fraction of sp³-hybridized carbons (Fsp3) is 0.538. The zero-order chi connectivity index (χ0) is 26.0. The van der Waals surface area contributed by atoms with Gasteiger partial charge in [-0.3, -0.25) is 4.79 Å². The number of amides is 2. The maximum Gasteiger partial charge on any atom is 0.404 e. The Morgan fingerprint density at radius 2 is 1.67 bits per heavy atom. The second kappa shape index (κ2) is 10.3. The van der Waals surface area contributed by atoms with Gasteiger partial charge in [-0.15, -0.1) is 0 Å². The quantitative estimate of drug-likeness (QED) is 0.493. The van der Waals surface area contributed by atoms with Crippen molar-refractivity contribution in [1.29, 1.82) is 0 Å². The van der Waals surface area contributed by atoms with Gasteiger partial charge in [-0.1, -0.05) is 6.07 Å². The highest BCUT2D eigenvalue weighted by molar-refractivity contribution is 5.94. The molecule has 10 nitrogen and oxygen atoms in total. The van der Waals surface area contributed by atoms with Crippen LogP contribution in [-0.4, -0.2) is 73.6 Å². The molecule has 1 aromatic carbocycles. The van der Waals surface area contributed by atoms with Crippen LogP contribution in [0.1, 0.15) is 53.2 Å². The van der Waals surface area contributed by atoms with Crippen LogP contribution in [0.25, 0.3) is 0 Å². The molecule has 1 aromatic rings. The number of fused-ring (bicyclic) bond motifs is 1. The summed E-state index contributed by atoms with van der Waals surface area (Å²) in [5.41, 5.74) is 9.60. The van der Waals surface area contributed by atoms with Gasteiger partial charge in [-0.2, -0.15) is 0 Å². The third kappa shape index (κ3) is 4.82. The molecule has 5 rings (SSSR count). The topological polar surface area (TPSA) is 128 Å². The zero-order valence-corrected chi connectivity index (χ0v) is 21.1. The highest BCUT2D eigenvalue weighted by atomic mass is 16.5. The van der Waals surface area contributed by atoms with Crippen LogP contribution < -0.4 is 5.73 Å². The molecule has 10 heteroatoms. The molecule has 4 aliphatic rings. The lowest BCUT2D eigenvalue weighted by molar-refractivity contribution is -0.138. The molecule has 2 amide bonds. The van der Waals surface area contributed by atoms with Crippen molar-refractivity contribution in [2.75, 3.05) is 39.9 Å². The summed E-state index contributed by atoms with van der Waals surface area (Å²) < 4.78 is 14.2. The number of rotatable bonds is 4. The normalized spacial score (nSPS) is 20.8. The van der Waals surface area contributed by atoms with Gasteiger partial charge in [0.05, 0.1) is 29.4 Å².